The van der Waals surface area contributed by atoms with Crippen LogP contribution in [0.15, 0.2) is 23.8 Å². The van der Waals surface area contributed by atoms with E-state index in [4.69, 9.17) is 18.9 Å². The number of carbonyl (C=O) groups excluding carboxylic acids is 4. The molecule has 0 aromatic rings. The van der Waals surface area contributed by atoms with Crippen LogP contribution in [0, 0.1) is 17.3 Å². The maximum atomic E-state index is 12.6. The van der Waals surface area contributed by atoms with Gasteiger partial charge in [0.05, 0.1) is 17.4 Å². The average molecular weight is 509 g/mol. The monoisotopic (exact) mass is 508 g/mol. The predicted octanol–water partition coefficient (Wildman–Crippen LogP) is 1.76. The van der Waals surface area contributed by atoms with Gasteiger partial charge in [0, 0.05) is 33.1 Å². The SMILES string of the molecule is C=C1C(OC(C)=O)CC(OC(C)=O)C2(C)C(OC(C)=O)CCC(C)=CC3OC(=O)C(C)C3(O)C(O)C12. The van der Waals surface area contributed by atoms with Gasteiger partial charge in [0.2, 0.25) is 0 Å². The first-order chi connectivity index (χ1) is 16.6. The lowest BCUT2D eigenvalue weighted by molar-refractivity contribution is -0.217. The summed E-state index contributed by atoms with van der Waals surface area (Å²) in [6, 6.07) is 0. The first kappa shape index (κ1) is 27.9. The summed E-state index contributed by atoms with van der Waals surface area (Å²) in [5, 5.41) is 23.9. The van der Waals surface area contributed by atoms with Crippen LogP contribution < -0.4 is 0 Å². The van der Waals surface area contributed by atoms with Crippen LogP contribution in [0.3, 0.4) is 0 Å². The maximum absolute atomic E-state index is 12.6. The minimum absolute atomic E-state index is 0.0111. The van der Waals surface area contributed by atoms with E-state index in [1.165, 1.54) is 27.7 Å². The Hall–Kier alpha value is -2.72. The van der Waals surface area contributed by atoms with Gasteiger partial charge >= 0.3 is 23.9 Å². The molecule has 1 aliphatic heterocycles. The molecular weight excluding hydrogens is 472 g/mol. The number of ether oxygens (including phenoxy) is 4. The van der Waals surface area contributed by atoms with Crippen LogP contribution in [0.25, 0.3) is 0 Å². The maximum Gasteiger partial charge on any atom is 0.312 e. The lowest BCUT2D eigenvalue weighted by atomic mass is 9.54. The Balaban J connectivity index is 2.29. The number of aliphatic hydroxyl groups excluding tert-OH is 1. The fraction of sp³-hybridized carbons (Fsp3) is 0.692. The van der Waals surface area contributed by atoms with Crippen molar-refractivity contribution in [1.82, 2.24) is 0 Å². The molecule has 3 rings (SSSR count). The van der Waals surface area contributed by atoms with Crippen LogP contribution in [0.5, 0.6) is 0 Å². The molecule has 2 fully saturated rings. The molecule has 0 aromatic heterocycles. The van der Waals surface area contributed by atoms with Crippen LogP contribution in [0.4, 0.5) is 0 Å². The van der Waals surface area contributed by atoms with Crippen molar-refractivity contribution in [2.75, 3.05) is 0 Å². The van der Waals surface area contributed by atoms with Crippen molar-refractivity contribution >= 4 is 23.9 Å². The summed E-state index contributed by atoms with van der Waals surface area (Å²) in [4.78, 5) is 48.8. The number of aliphatic hydroxyl groups is 2. The highest BCUT2D eigenvalue weighted by Crippen LogP contribution is 2.55. The Morgan fingerprint density at radius 1 is 1.08 bits per heavy atom. The van der Waals surface area contributed by atoms with Crippen LogP contribution in [-0.4, -0.2) is 70.2 Å². The molecule has 0 radical (unpaired) electrons. The summed E-state index contributed by atoms with van der Waals surface area (Å²) in [5.74, 6) is -4.74. The highest BCUT2D eigenvalue weighted by Gasteiger charge is 2.67. The van der Waals surface area contributed by atoms with Gasteiger partial charge in [-0.1, -0.05) is 19.1 Å². The minimum atomic E-state index is -2.09. The molecule has 10 nitrogen and oxygen atoms in total. The molecule has 2 N–H and O–H groups in total. The van der Waals surface area contributed by atoms with E-state index >= 15 is 0 Å². The van der Waals surface area contributed by atoms with Gasteiger partial charge in [0.1, 0.15) is 23.9 Å². The van der Waals surface area contributed by atoms with Gasteiger partial charge < -0.3 is 29.2 Å². The number of allylic oxidation sites excluding steroid dienone is 1. The highest BCUT2D eigenvalue weighted by atomic mass is 16.6. The van der Waals surface area contributed by atoms with Crippen LogP contribution in [0.1, 0.15) is 60.8 Å². The first-order valence-electron chi connectivity index (χ1n) is 12.1. The summed E-state index contributed by atoms with van der Waals surface area (Å²) in [5.41, 5.74) is -2.40. The Bertz CT molecular complexity index is 985. The Morgan fingerprint density at radius 2 is 1.64 bits per heavy atom. The molecule has 200 valence electrons. The number of carbonyl (C=O) groups is 4. The van der Waals surface area contributed by atoms with Gasteiger partial charge in [-0.05, 0) is 38.3 Å². The van der Waals surface area contributed by atoms with Crippen molar-refractivity contribution in [2.45, 2.75) is 96.9 Å². The van der Waals surface area contributed by atoms with Gasteiger partial charge in [-0.3, -0.25) is 19.2 Å². The highest BCUT2D eigenvalue weighted by molar-refractivity contribution is 5.77. The average Bonchev–Trinajstić information content (AvgIpc) is 2.97. The molecule has 36 heavy (non-hydrogen) atoms. The molecule has 0 aromatic carbocycles. The predicted molar refractivity (Wildman–Crippen MR) is 125 cm³/mol. The third kappa shape index (κ3) is 4.68. The van der Waals surface area contributed by atoms with Gasteiger partial charge in [-0.15, -0.1) is 0 Å². The second kappa shape index (κ2) is 9.97. The Kier molecular flexibility index (Phi) is 7.72. The van der Waals surface area contributed by atoms with Gasteiger partial charge in [-0.2, -0.15) is 0 Å². The molecule has 9 atom stereocenters. The van der Waals surface area contributed by atoms with E-state index in [2.05, 4.69) is 6.58 Å². The van der Waals surface area contributed by atoms with Crippen molar-refractivity contribution < 1.29 is 48.3 Å². The molecule has 0 spiro atoms. The third-order valence-corrected chi connectivity index (χ3v) is 8.00. The fourth-order valence-electron chi connectivity index (χ4n) is 6.06. The van der Waals surface area contributed by atoms with Crippen molar-refractivity contribution in [1.29, 1.82) is 0 Å². The smallest absolute Gasteiger partial charge is 0.312 e. The van der Waals surface area contributed by atoms with Crippen LogP contribution >= 0.6 is 0 Å². The van der Waals surface area contributed by atoms with E-state index in [0.29, 0.717) is 12.8 Å². The largest absolute Gasteiger partial charge is 0.462 e. The van der Waals surface area contributed by atoms with E-state index in [1.807, 2.05) is 0 Å². The number of hydrogen-bond acceptors (Lipinski definition) is 10. The standard InChI is InChI=1S/C26H36O10/c1-12-8-9-19(34-16(5)28)25(7)20(35-17(6)29)11-18(33-15(4)27)13(2)22(25)23(30)26(32)14(3)24(31)36-21(26)10-12/h10,14,18-23,30,32H,2,8-9,11H2,1,3-7H3. The third-order valence-electron chi connectivity index (χ3n) is 8.00. The van der Waals surface area contributed by atoms with E-state index in [0.717, 1.165) is 5.57 Å². The topological polar surface area (TPSA) is 146 Å². The molecule has 10 heteroatoms. The minimum Gasteiger partial charge on any atom is -0.462 e. The molecule has 1 saturated heterocycles. The van der Waals surface area contributed by atoms with Crippen LogP contribution in [0.2, 0.25) is 0 Å². The van der Waals surface area contributed by atoms with Crippen molar-refractivity contribution in [3.63, 3.8) is 0 Å². The van der Waals surface area contributed by atoms with Gasteiger partial charge in [0.25, 0.3) is 0 Å². The quantitative estimate of drug-likeness (QED) is 0.328. The summed E-state index contributed by atoms with van der Waals surface area (Å²) in [6.07, 6.45) is -3.39. The zero-order valence-corrected chi connectivity index (χ0v) is 21.6. The second-order valence-corrected chi connectivity index (χ2v) is 10.4. The van der Waals surface area contributed by atoms with E-state index in [1.54, 1.807) is 19.9 Å². The Morgan fingerprint density at radius 3 is 2.19 bits per heavy atom. The molecule has 3 aliphatic rings. The number of fused-ring (bicyclic) bond motifs is 2. The molecule has 2 aliphatic carbocycles. The zero-order chi connectivity index (χ0) is 27.2. The normalized spacial score (nSPS) is 40.7. The van der Waals surface area contributed by atoms with Crippen LogP contribution in [-0.2, 0) is 38.1 Å². The number of hydrogen-bond donors (Lipinski definition) is 2. The molecule has 9 unspecified atom stereocenters. The molecule has 1 heterocycles. The van der Waals surface area contributed by atoms with E-state index < -0.39 is 77.2 Å². The summed E-state index contributed by atoms with van der Waals surface area (Å²) in [7, 11) is 0. The first-order valence-corrected chi connectivity index (χ1v) is 12.1. The van der Waals surface area contributed by atoms with E-state index in [-0.39, 0.29) is 12.0 Å². The van der Waals surface area contributed by atoms with Crippen molar-refractivity contribution in [3.05, 3.63) is 23.8 Å². The van der Waals surface area contributed by atoms with Gasteiger partial charge in [-0.25, -0.2) is 0 Å². The summed E-state index contributed by atoms with van der Waals surface area (Å²) in [6.45, 7) is 12.8. The fourth-order valence-corrected chi connectivity index (χ4v) is 6.06. The summed E-state index contributed by atoms with van der Waals surface area (Å²) < 4.78 is 22.4. The lowest BCUT2D eigenvalue weighted by Crippen LogP contribution is -2.66. The Labute approximate surface area is 210 Å². The number of esters is 4. The summed E-state index contributed by atoms with van der Waals surface area (Å²) >= 11 is 0. The molecular formula is C26H36O10. The number of rotatable bonds is 3. The lowest BCUT2D eigenvalue weighted by Gasteiger charge is -2.56. The van der Waals surface area contributed by atoms with Crippen molar-refractivity contribution in [3.8, 4) is 0 Å². The zero-order valence-electron chi connectivity index (χ0n) is 21.6. The molecule has 0 bridgehead atoms. The molecule has 0 amide bonds. The second-order valence-electron chi connectivity index (χ2n) is 10.4. The van der Waals surface area contributed by atoms with Crippen molar-refractivity contribution in [2.24, 2.45) is 17.3 Å². The molecule has 1 saturated carbocycles. The van der Waals surface area contributed by atoms with E-state index in [9.17, 15) is 29.4 Å². The van der Waals surface area contributed by atoms with Gasteiger partial charge in [0.15, 0.2) is 6.10 Å².